The van der Waals surface area contributed by atoms with Crippen molar-refractivity contribution in [3.8, 4) is 5.75 Å². The summed E-state index contributed by atoms with van der Waals surface area (Å²) in [6.07, 6.45) is 3.01. The summed E-state index contributed by atoms with van der Waals surface area (Å²) in [6.45, 7) is 8.90. The zero-order valence-electron chi connectivity index (χ0n) is 17.2. The molecule has 3 rings (SSSR count). The Hall–Kier alpha value is -3.41. The Morgan fingerprint density at radius 3 is 2.34 bits per heavy atom. The average molecular weight is 390 g/mol. The van der Waals surface area contributed by atoms with Gasteiger partial charge < -0.3 is 15.4 Å². The molecule has 150 valence electrons. The minimum absolute atomic E-state index is 0.0823. The summed E-state index contributed by atoms with van der Waals surface area (Å²) >= 11 is 0. The number of nitrogens with zero attached hydrogens (tertiary/aromatic N) is 2. The molecule has 0 bridgehead atoms. The molecule has 3 aromatic rings. The molecule has 0 aliphatic heterocycles. The van der Waals surface area contributed by atoms with Gasteiger partial charge in [0.15, 0.2) is 0 Å². The quantitative estimate of drug-likeness (QED) is 0.607. The Morgan fingerprint density at radius 2 is 1.72 bits per heavy atom. The number of rotatable bonds is 6. The van der Waals surface area contributed by atoms with E-state index in [4.69, 9.17) is 4.74 Å². The molecule has 1 amide bonds. The number of hydrogen-bond donors (Lipinski definition) is 2. The number of hydrogen-bond acceptors (Lipinski definition) is 5. The molecular weight excluding hydrogens is 364 g/mol. The smallest absolute Gasteiger partial charge is 0.275 e. The molecule has 0 saturated heterocycles. The second-order valence-corrected chi connectivity index (χ2v) is 7.62. The van der Waals surface area contributed by atoms with Crippen LogP contribution in [-0.4, -0.2) is 22.5 Å². The van der Waals surface area contributed by atoms with Crippen molar-refractivity contribution < 1.29 is 9.53 Å². The van der Waals surface area contributed by atoms with Crippen LogP contribution in [0.4, 0.5) is 17.2 Å². The zero-order valence-corrected chi connectivity index (χ0v) is 17.2. The molecular formula is C23H26N4O2. The van der Waals surface area contributed by atoms with E-state index in [1.807, 2.05) is 55.5 Å². The number of ether oxygens (including phenoxy) is 1. The van der Waals surface area contributed by atoms with Crippen LogP contribution in [0.15, 0.2) is 60.9 Å². The van der Waals surface area contributed by atoms with Crippen molar-refractivity contribution in [2.45, 2.75) is 33.1 Å². The van der Waals surface area contributed by atoms with E-state index in [9.17, 15) is 4.79 Å². The monoisotopic (exact) mass is 390 g/mol. The first-order valence-corrected chi connectivity index (χ1v) is 9.59. The lowest BCUT2D eigenvalue weighted by atomic mass is 9.86. The third kappa shape index (κ3) is 5.31. The fraction of sp³-hybridized carbons (Fsp3) is 0.261. The van der Waals surface area contributed by atoms with E-state index >= 15 is 0 Å². The number of anilines is 3. The third-order valence-electron chi connectivity index (χ3n) is 4.31. The summed E-state index contributed by atoms with van der Waals surface area (Å²) in [5.74, 6) is 1.08. The minimum Gasteiger partial charge on any atom is -0.494 e. The topological polar surface area (TPSA) is 76.1 Å². The van der Waals surface area contributed by atoms with Gasteiger partial charge in [-0.05, 0) is 48.2 Å². The number of carbonyl (C=O) groups is 1. The molecule has 0 fully saturated rings. The lowest BCUT2D eigenvalue weighted by molar-refractivity contribution is 0.102. The minimum atomic E-state index is -0.290. The van der Waals surface area contributed by atoms with Gasteiger partial charge in [0.05, 0.1) is 19.0 Å². The SMILES string of the molecule is CCOc1ccc(Nc2cnc(C(=O)Nc3ccccc3C(C)(C)C)cn2)cc1. The lowest BCUT2D eigenvalue weighted by Crippen LogP contribution is -2.19. The number of carbonyl (C=O) groups excluding carboxylic acids is 1. The van der Waals surface area contributed by atoms with Crippen molar-refractivity contribution in [3.05, 3.63) is 72.2 Å². The molecule has 0 spiro atoms. The summed E-state index contributed by atoms with van der Waals surface area (Å²) < 4.78 is 5.43. The van der Waals surface area contributed by atoms with E-state index in [1.165, 1.54) is 6.20 Å². The largest absolute Gasteiger partial charge is 0.494 e. The fourth-order valence-corrected chi connectivity index (χ4v) is 2.89. The van der Waals surface area contributed by atoms with E-state index < -0.39 is 0 Å². The van der Waals surface area contributed by atoms with Gasteiger partial charge in [-0.1, -0.05) is 39.0 Å². The highest BCUT2D eigenvalue weighted by atomic mass is 16.5. The number of amides is 1. The van der Waals surface area contributed by atoms with Gasteiger partial charge in [0.1, 0.15) is 17.3 Å². The fourth-order valence-electron chi connectivity index (χ4n) is 2.89. The molecule has 2 N–H and O–H groups in total. The predicted molar refractivity (Wildman–Crippen MR) is 116 cm³/mol. The molecule has 6 heteroatoms. The number of para-hydroxylation sites is 1. The Bertz CT molecular complexity index is 961. The van der Waals surface area contributed by atoms with Gasteiger partial charge in [0, 0.05) is 11.4 Å². The van der Waals surface area contributed by atoms with Gasteiger partial charge in [-0.25, -0.2) is 9.97 Å². The Kier molecular flexibility index (Phi) is 6.12. The standard InChI is InChI=1S/C23H26N4O2/c1-5-29-17-12-10-16(11-13-17)26-21-15-24-20(14-25-21)22(28)27-19-9-7-6-8-18(19)23(2,3)4/h6-15H,5H2,1-4H3,(H,25,26)(H,27,28). The normalized spacial score (nSPS) is 11.0. The predicted octanol–water partition coefficient (Wildman–Crippen LogP) is 5.17. The van der Waals surface area contributed by atoms with E-state index in [0.717, 1.165) is 22.7 Å². The molecule has 2 aromatic carbocycles. The van der Waals surface area contributed by atoms with Crippen LogP contribution in [0, 0.1) is 0 Å². The molecule has 29 heavy (non-hydrogen) atoms. The van der Waals surface area contributed by atoms with Crippen LogP contribution in [-0.2, 0) is 5.41 Å². The molecule has 0 unspecified atom stereocenters. The van der Waals surface area contributed by atoms with Crippen LogP contribution in [0.2, 0.25) is 0 Å². The Balaban J connectivity index is 1.68. The van der Waals surface area contributed by atoms with Crippen LogP contribution >= 0.6 is 0 Å². The van der Waals surface area contributed by atoms with Crippen molar-refractivity contribution in [1.29, 1.82) is 0 Å². The van der Waals surface area contributed by atoms with Crippen LogP contribution in [0.5, 0.6) is 5.75 Å². The van der Waals surface area contributed by atoms with Crippen molar-refractivity contribution in [1.82, 2.24) is 9.97 Å². The number of nitrogens with one attached hydrogen (secondary N) is 2. The summed E-state index contributed by atoms with van der Waals surface area (Å²) in [6, 6.07) is 15.4. The maximum absolute atomic E-state index is 12.6. The zero-order chi connectivity index (χ0) is 20.9. The molecule has 1 heterocycles. The average Bonchev–Trinajstić information content (AvgIpc) is 2.70. The molecule has 6 nitrogen and oxygen atoms in total. The van der Waals surface area contributed by atoms with Crippen molar-refractivity contribution in [2.75, 3.05) is 17.2 Å². The first-order chi connectivity index (χ1) is 13.9. The highest BCUT2D eigenvalue weighted by Gasteiger charge is 2.19. The molecule has 0 aliphatic carbocycles. The molecule has 1 aromatic heterocycles. The third-order valence-corrected chi connectivity index (χ3v) is 4.31. The summed E-state index contributed by atoms with van der Waals surface area (Å²) in [5, 5.41) is 6.10. The summed E-state index contributed by atoms with van der Waals surface area (Å²) in [5.41, 5.74) is 2.88. The van der Waals surface area contributed by atoms with Crippen molar-refractivity contribution in [2.24, 2.45) is 0 Å². The van der Waals surface area contributed by atoms with E-state index in [1.54, 1.807) is 6.20 Å². The second kappa shape index (κ2) is 8.73. The second-order valence-electron chi connectivity index (χ2n) is 7.62. The van der Waals surface area contributed by atoms with Crippen LogP contribution < -0.4 is 15.4 Å². The Morgan fingerprint density at radius 1 is 1.00 bits per heavy atom. The number of aromatic nitrogens is 2. The van der Waals surface area contributed by atoms with Gasteiger partial charge in [-0.3, -0.25) is 4.79 Å². The highest BCUT2D eigenvalue weighted by molar-refractivity contribution is 6.03. The van der Waals surface area contributed by atoms with Gasteiger partial charge in [0.2, 0.25) is 0 Å². The molecule has 0 saturated carbocycles. The lowest BCUT2D eigenvalue weighted by Gasteiger charge is -2.22. The summed E-state index contributed by atoms with van der Waals surface area (Å²) in [4.78, 5) is 21.2. The van der Waals surface area contributed by atoms with Crippen molar-refractivity contribution in [3.63, 3.8) is 0 Å². The van der Waals surface area contributed by atoms with Gasteiger partial charge in [-0.2, -0.15) is 0 Å². The Labute approximate surface area is 171 Å². The molecule has 0 aliphatic rings. The van der Waals surface area contributed by atoms with E-state index in [0.29, 0.717) is 12.4 Å². The van der Waals surface area contributed by atoms with Gasteiger partial charge >= 0.3 is 0 Å². The van der Waals surface area contributed by atoms with E-state index in [2.05, 4.69) is 41.4 Å². The van der Waals surface area contributed by atoms with Crippen LogP contribution in [0.1, 0.15) is 43.7 Å². The van der Waals surface area contributed by atoms with Crippen molar-refractivity contribution >= 4 is 23.1 Å². The summed E-state index contributed by atoms with van der Waals surface area (Å²) in [7, 11) is 0. The maximum Gasteiger partial charge on any atom is 0.275 e. The van der Waals surface area contributed by atoms with E-state index in [-0.39, 0.29) is 17.0 Å². The first-order valence-electron chi connectivity index (χ1n) is 9.59. The van der Waals surface area contributed by atoms with Gasteiger partial charge in [-0.15, -0.1) is 0 Å². The maximum atomic E-state index is 12.6. The highest BCUT2D eigenvalue weighted by Crippen LogP contribution is 2.29. The van der Waals surface area contributed by atoms with Gasteiger partial charge in [0.25, 0.3) is 5.91 Å². The first kappa shape index (κ1) is 20.3. The number of benzene rings is 2. The molecule has 0 atom stereocenters. The molecule has 0 radical (unpaired) electrons. The van der Waals surface area contributed by atoms with Crippen LogP contribution in [0.25, 0.3) is 0 Å². The van der Waals surface area contributed by atoms with Crippen LogP contribution in [0.3, 0.4) is 0 Å².